The van der Waals surface area contributed by atoms with Crippen LogP contribution in [0, 0.1) is 6.92 Å². The Labute approximate surface area is 162 Å². The minimum Gasteiger partial charge on any atom is -0.339 e. The van der Waals surface area contributed by atoms with Crippen LogP contribution < -0.4 is 4.90 Å². The summed E-state index contributed by atoms with van der Waals surface area (Å²) >= 11 is 1.48. The number of aryl methyl sites for hydroxylation is 1. The Bertz CT molecular complexity index is 858. The number of piperazine rings is 1. The molecule has 2 aliphatic rings. The van der Waals surface area contributed by atoms with Crippen molar-refractivity contribution < 1.29 is 9.59 Å². The number of thioether (sulfide) groups is 1. The van der Waals surface area contributed by atoms with Crippen LogP contribution in [-0.2, 0) is 9.59 Å². The van der Waals surface area contributed by atoms with Gasteiger partial charge in [0.1, 0.15) is 11.6 Å². The van der Waals surface area contributed by atoms with Gasteiger partial charge in [-0.2, -0.15) is 5.10 Å². The first-order valence-electron chi connectivity index (χ1n) is 9.09. The van der Waals surface area contributed by atoms with E-state index in [-0.39, 0.29) is 18.4 Å². The molecule has 1 fully saturated rings. The lowest BCUT2D eigenvalue weighted by Crippen LogP contribution is -2.51. The predicted octanol–water partition coefficient (Wildman–Crippen LogP) is 1.39. The fourth-order valence-corrected chi connectivity index (χ4v) is 4.55. The van der Waals surface area contributed by atoms with Crippen molar-refractivity contribution in [3.05, 3.63) is 36.0 Å². The summed E-state index contributed by atoms with van der Waals surface area (Å²) < 4.78 is 1.87. The first kappa shape index (κ1) is 18.1. The van der Waals surface area contributed by atoms with Gasteiger partial charge in [0, 0.05) is 26.2 Å². The molecule has 1 aromatic carbocycles. The number of rotatable bonds is 3. The van der Waals surface area contributed by atoms with E-state index in [1.165, 1.54) is 11.8 Å². The third-order valence-electron chi connectivity index (χ3n) is 5.04. The van der Waals surface area contributed by atoms with E-state index in [1.54, 1.807) is 4.90 Å². The number of fused-ring (bicyclic) bond motifs is 1. The van der Waals surface area contributed by atoms with Crippen molar-refractivity contribution in [3.8, 4) is 5.69 Å². The van der Waals surface area contributed by atoms with Gasteiger partial charge in [-0.1, -0.05) is 30.0 Å². The van der Waals surface area contributed by atoms with Crippen LogP contribution in [0.3, 0.4) is 0 Å². The molecule has 4 rings (SSSR count). The Morgan fingerprint density at radius 3 is 2.56 bits per heavy atom. The second-order valence-corrected chi connectivity index (χ2v) is 7.90. The number of hydrogen-bond donors (Lipinski definition) is 0. The molecule has 3 heterocycles. The fourth-order valence-electron chi connectivity index (χ4n) is 3.47. The number of carbonyl (C=O) groups excluding carboxylic acids is 2. The molecule has 0 N–H and O–H groups in total. The van der Waals surface area contributed by atoms with Crippen LogP contribution in [0.1, 0.15) is 5.69 Å². The number of nitrogens with zero attached hydrogens (tertiary/aromatic N) is 5. The van der Waals surface area contributed by atoms with E-state index in [0.717, 1.165) is 35.2 Å². The molecule has 7 nitrogen and oxygen atoms in total. The van der Waals surface area contributed by atoms with Gasteiger partial charge in [0.15, 0.2) is 0 Å². The summed E-state index contributed by atoms with van der Waals surface area (Å²) in [5.74, 6) is 0.285. The third kappa shape index (κ3) is 3.46. The molecule has 0 atom stereocenters. The van der Waals surface area contributed by atoms with E-state index in [4.69, 9.17) is 0 Å². The van der Waals surface area contributed by atoms with Gasteiger partial charge in [0.05, 0.1) is 22.8 Å². The largest absolute Gasteiger partial charge is 0.339 e. The lowest BCUT2D eigenvalue weighted by Gasteiger charge is -2.34. The van der Waals surface area contributed by atoms with Gasteiger partial charge in [0.25, 0.3) is 0 Å². The number of carbonyl (C=O) groups is 2. The molecule has 0 spiro atoms. The molecule has 0 unspecified atom stereocenters. The van der Waals surface area contributed by atoms with Gasteiger partial charge < -0.3 is 9.80 Å². The van der Waals surface area contributed by atoms with Crippen LogP contribution in [0.15, 0.2) is 35.4 Å². The van der Waals surface area contributed by atoms with Crippen molar-refractivity contribution in [2.75, 3.05) is 50.4 Å². The van der Waals surface area contributed by atoms with Crippen LogP contribution in [0.2, 0.25) is 0 Å². The van der Waals surface area contributed by atoms with E-state index in [1.807, 2.05) is 46.8 Å². The standard InChI is InChI=1S/C19H23N5O2S/c1-14-18-19(24(20-14)15-6-4-3-5-7-15)27-13-17(26)23(18)12-16(25)22-10-8-21(2)9-11-22/h3-7H,8-13H2,1-2H3. The minimum absolute atomic E-state index is 0.00108. The second kappa shape index (κ2) is 7.36. The van der Waals surface area contributed by atoms with Crippen molar-refractivity contribution in [1.29, 1.82) is 0 Å². The molecule has 2 aliphatic heterocycles. The SMILES string of the molecule is Cc1nn(-c2ccccc2)c2c1N(CC(=O)N1CCN(C)CC1)C(=O)CS2. The van der Waals surface area contributed by atoms with Crippen LogP contribution in [0.25, 0.3) is 5.69 Å². The highest BCUT2D eigenvalue weighted by Crippen LogP contribution is 2.39. The summed E-state index contributed by atoms with van der Waals surface area (Å²) in [6.07, 6.45) is 0. The number of benzene rings is 1. The van der Waals surface area contributed by atoms with E-state index < -0.39 is 0 Å². The van der Waals surface area contributed by atoms with Crippen molar-refractivity contribution >= 4 is 29.3 Å². The molecule has 0 radical (unpaired) electrons. The average molecular weight is 385 g/mol. The lowest BCUT2D eigenvalue weighted by atomic mass is 10.3. The maximum absolute atomic E-state index is 12.8. The zero-order valence-electron chi connectivity index (χ0n) is 15.6. The predicted molar refractivity (Wildman–Crippen MR) is 105 cm³/mol. The molecule has 0 saturated carbocycles. The maximum atomic E-state index is 12.8. The highest BCUT2D eigenvalue weighted by atomic mass is 32.2. The molecule has 2 aromatic rings. The van der Waals surface area contributed by atoms with E-state index in [9.17, 15) is 9.59 Å². The average Bonchev–Trinajstić information content (AvgIpc) is 3.02. The molecule has 0 bridgehead atoms. The van der Waals surface area contributed by atoms with Gasteiger partial charge in [-0.3, -0.25) is 14.5 Å². The molecule has 27 heavy (non-hydrogen) atoms. The van der Waals surface area contributed by atoms with Crippen LogP contribution in [0.5, 0.6) is 0 Å². The summed E-state index contributed by atoms with van der Waals surface area (Å²) in [7, 11) is 2.06. The van der Waals surface area contributed by atoms with Gasteiger partial charge in [-0.25, -0.2) is 4.68 Å². The summed E-state index contributed by atoms with van der Waals surface area (Å²) in [6.45, 7) is 5.13. The zero-order valence-corrected chi connectivity index (χ0v) is 16.4. The molecule has 8 heteroatoms. The van der Waals surface area contributed by atoms with Crippen molar-refractivity contribution in [1.82, 2.24) is 19.6 Å². The fraction of sp³-hybridized carbons (Fsp3) is 0.421. The van der Waals surface area contributed by atoms with Gasteiger partial charge >= 0.3 is 0 Å². The third-order valence-corrected chi connectivity index (χ3v) is 6.07. The number of likely N-dealkylation sites (N-methyl/N-ethyl adjacent to an activating group) is 1. The topological polar surface area (TPSA) is 61.7 Å². The Morgan fingerprint density at radius 1 is 1.15 bits per heavy atom. The van der Waals surface area contributed by atoms with Crippen LogP contribution in [0.4, 0.5) is 5.69 Å². The molecule has 0 aliphatic carbocycles. The number of aromatic nitrogens is 2. The number of hydrogen-bond acceptors (Lipinski definition) is 5. The number of anilines is 1. The maximum Gasteiger partial charge on any atom is 0.242 e. The van der Waals surface area contributed by atoms with Crippen molar-refractivity contribution in [2.24, 2.45) is 0 Å². The summed E-state index contributed by atoms with van der Waals surface area (Å²) in [5, 5.41) is 5.57. The highest BCUT2D eigenvalue weighted by Gasteiger charge is 2.33. The molecule has 1 aromatic heterocycles. The molecule has 142 valence electrons. The Morgan fingerprint density at radius 2 is 1.85 bits per heavy atom. The van der Waals surface area contributed by atoms with Crippen LogP contribution in [-0.4, -0.2) is 76.9 Å². The van der Waals surface area contributed by atoms with Gasteiger partial charge in [-0.05, 0) is 26.1 Å². The van der Waals surface area contributed by atoms with Crippen molar-refractivity contribution in [2.45, 2.75) is 11.9 Å². The summed E-state index contributed by atoms with van der Waals surface area (Å²) in [5.41, 5.74) is 2.48. The molecule has 2 amide bonds. The Hall–Kier alpha value is -2.32. The molecular weight excluding hydrogens is 362 g/mol. The lowest BCUT2D eigenvalue weighted by molar-refractivity contribution is -0.132. The van der Waals surface area contributed by atoms with Gasteiger partial charge in [0.2, 0.25) is 11.8 Å². The first-order valence-corrected chi connectivity index (χ1v) is 10.1. The second-order valence-electron chi connectivity index (χ2n) is 6.94. The minimum atomic E-state index is -0.0364. The molecular formula is C19H23N5O2S. The zero-order chi connectivity index (χ0) is 19.0. The molecule has 1 saturated heterocycles. The monoisotopic (exact) mass is 385 g/mol. The quantitative estimate of drug-likeness (QED) is 0.799. The Kier molecular flexibility index (Phi) is 4.92. The summed E-state index contributed by atoms with van der Waals surface area (Å²) in [6, 6.07) is 9.87. The smallest absolute Gasteiger partial charge is 0.242 e. The number of para-hydroxylation sites is 1. The highest BCUT2D eigenvalue weighted by molar-refractivity contribution is 8.00. The summed E-state index contributed by atoms with van der Waals surface area (Å²) in [4.78, 5) is 31.1. The van der Waals surface area contributed by atoms with Crippen LogP contribution >= 0.6 is 11.8 Å². The Balaban J connectivity index is 1.61. The van der Waals surface area contributed by atoms with Gasteiger partial charge in [-0.15, -0.1) is 0 Å². The van der Waals surface area contributed by atoms with E-state index in [2.05, 4.69) is 17.0 Å². The number of amides is 2. The first-order chi connectivity index (χ1) is 13.0. The van der Waals surface area contributed by atoms with E-state index >= 15 is 0 Å². The van der Waals surface area contributed by atoms with E-state index in [0.29, 0.717) is 18.8 Å². The van der Waals surface area contributed by atoms with Crippen molar-refractivity contribution in [3.63, 3.8) is 0 Å². The normalized spacial score (nSPS) is 17.9.